The molecule has 2 amide bonds. The number of pyridine rings is 2. The third-order valence-electron chi connectivity index (χ3n) is 12.2. The summed E-state index contributed by atoms with van der Waals surface area (Å²) in [7, 11) is 4.15. The van der Waals surface area contributed by atoms with Crippen molar-refractivity contribution in [1.29, 1.82) is 0 Å². The number of benzene rings is 4. The van der Waals surface area contributed by atoms with Crippen LogP contribution in [0.5, 0.6) is 0 Å². The number of aromatic nitrogens is 6. The van der Waals surface area contributed by atoms with Gasteiger partial charge in [0.25, 0.3) is 0 Å². The summed E-state index contributed by atoms with van der Waals surface area (Å²) in [5.74, 6) is -0.263. The number of nitrogens with zero attached hydrogens (tertiary/aromatic N) is 4. The maximum Gasteiger partial charge on any atom is 0.221 e. The molecular weight excluding hydrogens is 888 g/mol. The van der Waals surface area contributed by atoms with Gasteiger partial charge in [0.1, 0.15) is 14.1 Å². The Hall–Kier alpha value is -8.18. The van der Waals surface area contributed by atoms with Crippen molar-refractivity contribution in [3.8, 4) is 44.5 Å². The number of carbonyl (C=O) groups excluding carboxylic acids is 2. The minimum absolute atomic E-state index is 0. The Labute approximate surface area is 404 Å². The number of fused-ring (bicyclic) bond motifs is 10. The molecule has 0 atom stereocenters. The van der Waals surface area contributed by atoms with E-state index >= 15 is 0 Å². The van der Waals surface area contributed by atoms with Crippen molar-refractivity contribution >= 4 is 91.4 Å². The zero-order valence-corrected chi connectivity index (χ0v) is 39.0. The maximum atomic E-state index is 12.0. The van der Waals surface area contributed by atoms with Crippen LogP contribution in [0.4, 0.5) is 11.4 Å². The molecule has 0 aliphatic carbocycles. The fourth-order valence-corrected chi connectivity index (χ4v) is 9.37. The van der Waals surface area contributed by atoms with Crippen LogP contribution in [0.2, 0.25) is 0 Å². The average molecular weight is 932 g/mol. The average Bonchev–Trinajstić information content (AvgIpc) is 4.16. The lowest BCUT2D eigenvalue weighted by molar-refractivity contribution is -0.644. The van der Waals surface area contributed by atoms with E-state index in [-0.39, 0.29) is 36.6 Å². The molecule has 11 rings (SSSR count). The molecule has 9 aromatic rings. The van der Waals surface area contributed by atoms with Crippen LogP contribution < -0.4 is 44.6 Å². The Balaban J connectivity index is 0.00000289. The topological polar surface area (TPSA) is 123 Å². The van der Waals surface area contributed by atoms with E-state index in [0.717, 1.165) is 111 Å². The molecule has 10 nitrogen and oxygen atoms in total. The van der Waals surface area contributed by atoms with Crippen molar-refractivity contribution in [3.05, 3.63) is 169 Å². The molecule has 4 aromatic carbocycles. The Morgan fingerprint density at radius 1 is 0.441 bits per heavy atom. The quantitative estimate of drug-likeness (QED) is 0.171. The summed E-state index contributed by atoms with van der Waals surface area (Å²) in [5.41, 5.74) is 17.9. The summed E-state index contributed by atoms with van der Waals surface area (Å²) < 4.78 is 4.32. The van der Waals surface area contributed by atoms with Crippen LogP contribution in [-0.2, 0) is 23.7 Å². The first-order valence-electron chi connectivity index (χ1n) is 21.8. The predicted octanol–water partition coefficient (Wildman–Crippen LogP) is 5.20. The molecule has 12 heteroatoms. The Morgan fingerprint density at radius 3 is 1.10 bits per heavy atom. The fourth-order valence-electron chi connectivity index (χ4n) is 9.37. The fraction of sp³-hybridized carbons (Fsp3) is 0.0714. The molecule has 0 spiro atoms. The van der Waals surface area contributed by atoms with Crippen molar-refractivity contribution in [1.82, 2.24) is 19.9 Å². The summed E-state index contributed by atoms with van der Waals surface area (Å²) >= 11 is 0. The highest BCUT2D eigenvalue weighted by Crippen LogP contribution is 2.39. The van der Waals surface area contributed by atoms with Crippen molar-refractivity contribution < 1.29 is 43.5 Å². The van der Waals surface area contributed by atoms with Gasteiger partial charge in [-0.3, -0.25) is 9.59 Å². The van der Waals surface area contributed by atoms with Gasteiger partial charge >= 0.3 is 0 Å². The van der Waals surface area contributed by atoms with E-state index in [0.29, 0.717) is 11.4 Å². The normalized spacial score (nSPS) is 11.6. The van der Waals surface area contributed by atoms with Crippen LogP contribution >= 0.6 is 0 Å². The summed E-state index contributed by atoms with van der Waals surface area (Å²) in [6.07, 6.45) is 12.7. The highest BCUT2D eigenvalue weighted by atomic mass is 35.5. The number of rotatable bonds is 6. The highest BCUT2D eigenvalue weighted by Gasteiger charge is 2.22. The van der Waals surface area contributed by atoms with Crippen LogP contribution in [0.1, 0.15) is 36.6 Å². The largest absolute Gasteiger partial charge is 1.00 e. The number of anilines is 2. The summed E-state index contributed by atoms with van der Waals surface area (Å²) in [4.78, 5) is 42.7. The van der Waals surface area contributed by atoms with Gasteiger partial charge in [-0.05, 0) is 108 Å². The number of para-hydroxylation sites is 2. The first-order valence-corrected chi connectivity index (χ1v) is 21.8. The molecule has 8 bridgehead atoms. The van der Waals surface area contributed by atoms with Gasteiger partial charge in [0.05, 0.1) is 33.9 Å². The first kappa shape index (κ1) is 45.0. The molecule has 68 heavy (non-hydrogen) atoms. The number of amides is 2. The van der Waals surface area contributed by atoms with E-state index < -0.39 is 0 Å². The van der Waals surface area contributed by atoms with E-state index in [1.165, 1.54) is 13.8 Å². The molecule has 0 saturated heterocycles. The molecular formula is C56H44Cl2N8O2. The highest BCUT2D eigenvalue weighted by molar-refractivity contribution is 6.01. The standard InChI is InChI=1S/C56H42N8O2.2ClH/c1-33(65)57-41-17-13-35(14-18-41)53-43-21-25-47(59-43)55(39-29-37-9-5-7-11-51(37)63(3)31-39)49-27-23-45(61-49)54(36-15-19-42(20-16-36)58-34(2)66)46-24-28-50(62-46)56(48-26-22-44(53)60-48)40-30-38-10-6-8-12-52(38)64(4)32-40;;/h5-32H,1-4H3,(H2-2,57,58,59,60,61,62,65,66);2*1H. The maximum absolute atomic E-state index is 12.0. The molecule has 2 aliphatic rings. The van der Waals surface area contributed by atoms with Crippen molar-refractivity contribution in [2.45, 2.75) is 13.8 Å². The molecule has 0 fully saturated rings. The molecule has 334 valence electrons. The lowest BCUT2D eigenvalue weighted by Crippen LogP contribution is -3.00. The number of H-pyrrole nitrogens is 2. The van der Waals surface area contributed by atoms with Crippen molar-refractivity contribution in [3.63, 3.8) is 0 Å². The Morgan fingerprint density at radius 2 is 0.765 bits per heavy atom. The van der Waals surface area contributed by atoms with Gasteiger partial charge in [-0.2, -0.15) is 0 Å². The predicted molar refractivity (Wildman–Crippen MR) is 267 cm³/mol. The van der Waals surface area contributed by atoms with Crippen LogP contribution in [0.3, 0.4) is 0 Å². The van der Waals surface area contributed by atoms with Crippen molar-refractivity contribution in [2.75, 3.05) is 10.6 Å². The zero-order valence-electron chi connectivity index (χ0n) is 37.5. The van der Waals surface area contributed by atoms with Crippen LogP contribution in [0.15, 0.2) is 146 Å². The van der Waals surface area contributed by atoms with Crippen LogP contribution in [0, 0.1) is 0 Å². The van der Waals surface area contributed by atoms with E-state index in [1.54, 1.807) is 0 Å². The van der Waals surface area contributed by atoms with Gasteiger partial charge in [-0.15, -0.1) is 0 Å². The lowest BCUT2D eigenvalue weighted by Gasteiger charge is -2.08. The smallest absolute Gasteiger partial charge is 0.221 e. The van der Waals surface area contributed by atoms with E-state index in [9.17, 15) is 9.59 Å². The number of aromatic amines is 2. The number of hydrogen-bond acceptors (Lipinski definition) is 4. The van der Waals surface area contributed by atoms with Gasteiger partial charge in [-0.1, -0.05) is 48.5 Å². The zero-order chi connectivity index (χ0) is 45.1. The van der Waals surface area contributed by atoms with Crippen LogP contribution in [-0.4, -0.2) is 31.8 Å². The minimum Gasteiger partial charge on any atom is -1.00 e. The minimum atomic E-state index is -0.131. The number of carbonyl (C=O) groups is 2. The Bertz CT molecular complexity index is 3490. The second-order valence-corrected chi connectivity index (χ2v) is 16.8. The van der Waals surface area contributed by atoms with E-state index in [1.807, 2.05) is 48.5 Å². The van der Waals surface area contributed by atoms with Gasteiger partial charge in [-0.25, -0.2) is 19.1 Å². The van der Waals surface area contributed by atoms with E-state index in [4.69, 9.17) is 9.97 Å². The second kappa shape index (κ2) is 18.2. The van der Waals surface area contributed by atoms with Gasteiger partial charge in [0.2, 0.25) is 22.8 Å². The molecule has 7 heterocycles. The number of halogens is 2. The molecule has 0 saturated carbocycles. The number of hydrogen-bond donors (Lipinski definition) is 4. The van der Waals surface area contributed by atoms with Gasteiger partial charge < -0.3 is 45.4 Å². The summed E-state index contributed by atoms with van der Waals surface area (Å²) in [6.45, 7) is 3.02. The molecule has 5 aromatic heterocycles. The number of aryl methyl sites for hydroxylation is 2. The molecule has 0 unspecified atom stereocenters. The number of nitrogens with one attached hydrogen (secondary N) is 4. The summed E-state index contributed by atoms with van der Waals surface area (Å²) in [6, 6.07) is 45.5. The molecule has 4 N–H and O–H groups in total. The first-order chi connectivity index (χ1) is 32.1. The third-order valence-corrected chi connectivity index (χ3v) is 12.2. The third kappa shape index (κ3) is 8.32. The Kier molecular flexibility index (Phi) is 12.1. The summed E-state index contributed by atoms with van der Waals surface area (Å²) in [5, 5.41) is 8.03. The van der Waals surface area contributed by atoms with Crippen LogP contribution in [0.25, 0.3) is 113 Å². The van der Waals surface area contributed by atoms with E-state index in [2.05, 4.69) is 165 Å². The molecule has 2 aliphatic heterocycles. The SMILES string of the molecule is CC(=O)Nc1ccc(-c2c3nc(c(-c4cc5ccccc5[n+](C)c4)c4ccc([nH]4)c(-c4ccc(NC(C)=O)cc4)c4nc(c(-c5cc6ccccc6[n+](C)c5)c5ccc2[nH]5)C=C4)C=C3)cc1.[Cl-].[Cl-]. The second-order valence-electron chi connectivity index (χ2n) is 16.8. The van der Waals surface area contributed by atoms with Crippen molar-refractivity contribution in [2.24, 2.45) is 14.1 Å². The molecule has 0 radical (unpaired) electrons. The monoisotopic (exact) mass is 930 g/mol. The lowest BCUT2D eigenvalue weighted by atomic mass is 10.0. The van der Waals surface area contributed by atoms with Gasteiger partial charge in [0.15, 0.2) is 12.4 Å². The van der Waals surface area contributed by atoms with Gasteiger partial charge in [0, 0.05) is 92.4 Å².